The lowest BCUT2D eigenvalue weighted by molar-refractivity contribution is 0.100. The third-order valence-electron chi connectivity index (χ3n) is 3.98. The third-order valence-corrected chi connectivity index (χ3v) is 4.21. The van der Waals surface area contributed by atoms with Crippen molar-refractivity contribution < 1.29 is 4.79 Å². The highest BCUT2D eigenvalue weighted by Gasteiger charge is 2.11. The van der Waals surface area contributed by atoms with E-state index in [1.165, 1.54) is 0 Å². The Kier molecular flexibility index (Phi) is 3.71. The van der Waals surface area contributed by atoms with Crippen molar-refractivity contribution in [3.8, 4) is 16.9 Å². The van der Waals surface area contributed by atoms with E-state index in [4.69, 9.17) is 22.3 Å². The molecule has 2 aromatic heterocycles. The normalized spacial score (nSPS) is 10.9. The predicted octanol–water partition coefficient (Wildman–Crippen LogP) is 3.84. The number of pyridine rings is 1. The summed E-state index contributed by atoms with van der Waals surface area (Å²) in [6.07, 6.45) is 5.32. The van der Waals surface area contributed by atoms with E-state index < -0.39 is 5.91 Å². The van der Waals surface area contributed by atoms with Gasteiger partial charge in [0.05, 0.1) is 23.2 Å². The molecule has 0 spiro atoms. The summed E-state index contributed by atoms with van der Waals surface area (Å²) >= 11 is 6.14. The van der Waals surface area contributed by atoms with Crippen molar-refractivity contribution in [1.29, 1.82) is 0 Å². The lowest BCUT2D eigenvalue weighted by Crippen LogP contribution is -2.10. The number of hydrogen-bond acceptors (Lipinski definition) is 3. The van der Waals surface area contributed by atoms with E-state index >= 15 is 0 Å². The number of primary amides is 1. The molecule has 6 heteroatoms. The minimum atomic E-state index is -0.472. The topological polar surface area (TPSA) is 73.8 Å². The van der Waals surface area contributed by atoms with Crippen LogP contribution < -0.4 is 5.73 Å². The van der Waals surface area contributed by atoms with E-state index in [2.05, 4.69) is 4.98 Å². The molecule has 0 saturated heterocycles. The lowest BCUT2D eigenvalue weighted by Gasteiger charge is -2.11. The number of imidazole rings is 1. The molecule has 0 bridgehead atoms. The number of rotatable bonds is 3. The molecule has 2 heterocycles. The number of carbonyl (C=O) groups excluding carboxylic acids is 1. The highest BCUT2D eigenvalue weighted by molar-refractivity contribution is 6.31. The van der Waals surface area contributed by atoms with Crippen molar-refractivity contribution in [1.82, 2.24) is 14.5 Å². The highest BCUT2D eigenvalue weighted by atomic mass is 35.5. The molecule has 0 aliphatic heterocycles. The van der Waals surface area contributed by atoms with Crippen molar-refractivity contribution in [2.24, 2.45) is 5.73 Å². The van der Waals surface area contributed by atoms with Crippen molar-refractivity contribution in [3.05, 3.63) is 77.8 Å². The van der Waals surface area contributed by atoms with Crippen LogP contribution in [-0.2, 0) is 0 Å². The summed E-state index contributed by atoms with van der Waals surface area (Å²) < 4.78 is 1.92. The van der Waals surface area contributed by atoms with E-state index in [1.807, 2.05) is 41.1 Å². The number of hydrogen-bond donors (Lipinski definition) is 1. The standard InChI is InChI=1S/C19H13ClN4O/c20-14-4-5-15-17(9-14)23-16(10-18(15)24-7-6-22-11-24)12-2-1-3-13(8-12)19(21)25/h1-11H,(H2,21,25). The number of halogens is 1. The number of amides is 1. The first-order valence-electron chi connectivity index (χ1n) is 7.61. The largest absolute Gasteiger partial charge is 0.366 e. The molecule has 0 unspecified atom stereocenters. The quantitative estimate of drug-likeness (QED) is 0.611. The summed E-state index contributed by atoms with van der Waals surface area (Å²) in [6.45, 7) is 0. The molecule has 1 amide bonds. The zero-order chi connectivity index (χ0) is 17.4. The summed E-state index contributed by atoms with van der Waals surface area (Å²) in [6, 6.07) is 14.6. The van der Waals surface area contributed by atoms with Crippen LogP contribution in [-0.4, -0.2) is 20.4 Å². The Hall–Kier alpha value is -3.18. The van der Waals surface area contributed by atoms with E-state index in [9.17, 15) is 4.79 Å². The second-order valence-corrected chi connectivity index (χ2v) is 6.04. The van der Waals surface area contributed by atoms with Gasteiger partial charge in [-0.25, -0.2) is 9.97 Å². The molecule has 25 heavy (non-hydrogen) atoms. The smallest absolute Gasteiger partial charge is 0.248 e. The Morgan fingerprint density at radius 2 is 2.00 bits per heavy atom. The molecular weight excluding hydrogens is 336 g/mol. The van der Waals surface area contributed by atoms with Crippen LogP contribution in [0.4, 0.5) is 0 Å². The SMILES string of the molecule is NC(=O)c1cccc(-c2cc(-n3ccnc3)c3ccc(Cl)cc3n2)c1. The van der Waals surface area contributed by atoms with Gasteiger partial charge in [-0.3, -0.25) is 4.79 Å². The van der Waals surface area contributed by atoms with E-state index in [0.29, 0.717) is 10.6 Å². The molecule has 0 aliphatic carbocycles. The van der Waals surface area contributed by atoms with Gasteiger partial charge in [-0.1, -0.05) is 23.7 Å². The molecule has 2 N–H and O–H groups in total. The fourth-order valence-electron chi connectivity index (χ4n) is 2.78. The summed E-state index contributed by atoms with van der Waals surface area (Å²) in [7, 11) is 0. The fourth-order valence-corrected chi connectivity index (χ4v) is 2.94. The monoisotopic (exact) mass is 348 g/mol. The first-order valence-corrected chi connectivity index (χ1v) is 7.98. The number of nitrogens with zero attached hydrogens (tertiary/aromatic N) is 3. The van der Waals surface area contributed by atoms with Gasteiger partial charge < -0.3 is 10.3 Å². The number of carbonyl (C=O) groups is 1. The Balaban J connectivity index is 1.99. The summed E-state index contributed by atoms with van der Waals surface area (Å²) in [4.78, 5) is 20.3. The third kappa shape index (κ3) is 2.86. The second kappa shape index (κ2) is 6.03. The maximum absolute atomic E-state index is 11.5. The van der Waals surface area contributed by atoms with Crippen LogP contribution in [0, 0.1) is 0 Å². The van der Waals surface area contributed by atoms with E-state index in [1.54, 1.807) is 30.7 Å². The molecule has 0 saturated carbocycles. The second-order valence-electron chi connectivity index (χ2n) is 5.60. The Morgan fingerprint density at radius 1 is 1.12 bits per heavy atom. The zero-order valence-corrected chi connectivity index (χ0v) is 13.8. The molecule has 5 nitrogen and oxygen atoms in total. The van der Waals surface area contributed by atoms with Crippen molar-refractivity contribution in [2.45, 2.75) is 0 Å². The molecule has 2 aromatic carbocycles. The van der Waals surface area contributed by atoms with Gasteiger partial charge in [0, 0.05) is 33.9 Å². The minimum absolute atomic E-state index is 0.440. The van der Waals surface area contributed by atoms with Gasteiger partial charge >= 0.3 is 0 Å². The molecular formula is C19H13ClN4O. The Morgan fingerprint density at radius 3 is 2.76 bits per heavy atom. The van der Waals surface area contributed by atoms with Crippen LogP contribution in [0.15, 0.2) is 67.3 Å². The van der Waals surface area contributed by atoms with Gasteiger partial charge in [-0.05, 0) is 36.4 Å². The highest BCUT2D eigenvalue weighted by Crippen LogP contribution is 2.29. The van der Waals surface area contributed by atoms with Crippen LogP contribution in [0.3, 0.4) is 0 Å². The van der Waals surface area contributed by atoms with E-state index in [-0.39, 0.29) is 0 Å². The van der Waals surface area contributed by atoms with Crippen LogP contribution >= 0.6 is 11.6 Å². The molecule has 0 radical (unpaired) electrons. The van der Waals surface area contributed by atoms with Crippen LogP contribution in [0.25, 0.3) is 27.8 Å². The molecule has 122 valence electrons. The minimum Gasteiger partial charge on any atom is -0.366 e. The maximum atomic E-state index is 11.5. The van der Waals surface area contributed by atoms with Crippen LogP contribution in [0.5, 0.6) is 0 Å². The van der Waals surface area contributed by atoms with Gasteiger partial charge in [-0.2, -0.15) is 0 Å². The van der Waals surface area contributed by atoms with Gasteiger partial charge in [-0.15, -0.1) is 0 Å². The van der Waals surface area contributed by atoms with Crippen LogP contribution in [0.2, 0.25) is 5.02 Å². The van der Waals surface area contributed by atoms with Crippen LogP contribution in [0.1, 0.15) is 10.4 Å². The zero-order valence-electron chi connectivity index (χ0n) is 13.1. The summed E-state index contributed by atoms with van der Waals surface area (Å²) in [5.41, 5.74) is 9.05. The lowest BCUT2D eigenvalue weighted by atomic mass is 10.0. The van der Waals surface area contributed by atoms with Crippen molar-refractivity contribution in [2.75, 3.05) is 0 Å². The number of aromatic nitrogens is 3. The van der Waals surface area contributed by atoms with Crippen molar-refractivity contribution >= 4 is 28.4 Å². The van der Waals surface area contributed by atoms with E-state index in [0.717, 1.165) is 27.8 Å². The Bertz CT molecular complexity index is 1090. The van der Waals surface area contributed by atoms with Gasteiger partial charge in [0.25, 0.3) is 0 Å². The Labute approximate surface area is 148 Å². The van der Waals surface area contributed by atoms with Crippen molar-refractivity contribution in [3.63, 3.8) is 0 Å². The summed E-state index contributed by atoms with van der Waals surface area (Å²) in [5.74, 6) is -0.472. The molecule has 4 aromatic rings. The summed E-state index contributed by atoms with van der Waals surface area (Å²) in [5, 5.41) is 1.57. The average molecular weight is 349 g/mol. The number of benzene rings is 2. The predicted molar refractivity (Wildman–Crippen MR) is 97.8 cm³/mol. The molecule has 0 aliphatic rings. The average Bonchev–Trinajstić information content (AvgIpc) is 3.15. The maximum Gasteiger partial charge on any atom is 0.248 e. The van der Waals surface area contributed by atoms with Gasteiger partial charge in [0.2, 0.25) is 5.91 Å². The van der Waals surface area contributed by atoms with Gasteiger partial charge in [0.15, 0.2) is 0 Å². The number of fused-ring (bicyclic) bond motifs is 1. The molecule has 0 atom stereocenters. The fraction of sp³-hybridized carbons (Fsp3) is 0. The molecule has 4 rings (SSSR count). The first-order chi connectivity index (χ1) is 12.1. The first kappa shape index (κ1) is 15.4. The molecule has 0 fully saturated rings. The number of nitrogens with two attached hydrogens (primary N) is 1. The van der Waals surface area contributed by atoms with Gasteiger partial charge in [0.1, 0.15) is 0 Å².